The Morgan fingerprint density at radius 3 is 2.73 bits per heavy atom. The van der Waals surface area contributed by atoms with Gasteiger partial charge in [0.25, 0.3) is 0 Å². The van der Waals surface area contributed by atoms with Crippen molar-refractivity contribution >= 4 is 11.7 Å². The van der Waals surface area contributed by atoms with E-state index in [1.54, 1.807) is 12.4 Å². The second kappa shape index (κ2) is 5.74. The molecule has 1 aromatic heterocycles. The number of carbonyl (C=O) groups excluding carboxylic acids is 1. The van der Waals surface area contributed by atoms with Crippen LogP contribution in [0.3, 0.4) is 0 Å². The van der Waals surface area contributed by atoms with Gasteiger partial charge < -0.3 is 5.73 Å². The summed E-state index contributed by atoms with van der Waals surface area (Å²) in [7, 11) is 0. The molecule has 1 rings (SSSR count). The molecule has 0 spiro atoms. The Morgan fingerprint density at radius 2 is 2.20 bits per heavy atom. The van der Waals surface area contributed by atoms with Crippen molar-refractivity contribution in [1.82, 2.24) is 10.4 Å². The summed E-state index contributed by atoms with van der Waals surface area (Å²) in [5.41, 5.74) is 8.93. The van der Waals surface area contributed by atoms with Gasteiger partial charge in [0.05, 0.1) is 5.71 Å². The summed E-state index contributed by atoms with van der Waals surface area (Å²) in [6, 6.07) is 3.03. The highest BCUT2D eigenvalue weighted by Gasteiger charge is 2.02. The number of hydrogen-bond donors (Lipinski definition) is 2. The molecule has 0 radical (unpaired) electrons. The number of amides is 2. The van der Waals surface area contributed by atoms with Crippen molar-refractivity contribution in [2.45, 2.75) is 19.8 Å². The summed E-state index contributed by atoms with van der Waals surface area (Å²) in [5, 5.41) is 3.95. The molecule has 0 aliphatic rings. The molecule has 5 heteroatoms. The first-order chi connectivity index (χ1) is 7.24. The molecule has 0 fully saturated rings. The first-order valence-corrected chi connectivity index (χ1v) is 4.76. The van der Waals surface area contributed by atoms with E-state index in [0.717, 1.165) is 24.1 Å². The van der Waals surface area contributed by atoms with Gasteiger partial charge in [-0.05, 0) is 18.6 Å². The van der Waals surface area contributed by atoms with Crippen LogP contribution in [0.4, 0.5) is 4.79 Å². The topological polar surface area (TPSA) is 80.4 Å². The van der Waals surface area contributed by atoms with Crippen molar-refractivity contribution in [3.8, 4) is 0 Å². The van der Waals surface area contributed by atoms with E-state index in [2.05, 4.69) is 15.5 Å². The highest BCUT2D eigenvalue weighted by molar-refractivity contribution is 6.00. The summed E-state index contributed by atoms with van der Waals surface area (Å²) in [6.45, 7) is 2.04. The molecule has 0 unspecified atom stereocenters. The Balaban J connectivity index is 2.83. The van der Waals surface area contributed by atoms with Gasteiger partial charge in [-0.15, -0.1) is 0 Å². The van der Waals surface area contributed by atoms with Crippen LogP contribution < -0.4 is 11.2 Å². The molecule has 80 valence electrons. The lowest BCUT2D eigenvalue weighted by Crippen LogP contribution is -2.26. The molecule has 0 aliphatic carbocycles. The van der Waals surface area contributed by atoms with Crippen molar-refractivity contribution in [3.63, 3.8) is 0 Å². The second-order valence-corrected chi connectivity index (χ2v) is 3.02. The van der Waals surface area contributed by atoms with Crippen molar-refractivity contribution in [3.05, 3.63) is 30.1 Å². The number of pyridine rings is 1. The summed E-state index contributed by atoms with van der Waals surface area (Å²) in [6.07, 6.45) is 5.10. The molecule has 0 atom stereocenters. The number of nitrogens with zero attached hydrogens (tertiary/aromatic N) is 2. The fourth-order valence-corrected chi connectivity index (χ4v) is 1.17. The number of carbonyl (C=O) groups is 1. The highest BCUT2D eigenvalue weighted by Crippen LogP contribution is 2.04. The minimum absolute atomic E-state index is 0.655. The zero-order valence-corrected chi connectivity index (χ0v) is 8.60. The van der Waals surface area contributed by atoms with Crippen molar-refractivity contribution in [2.24, 2.45) is 10.8 Å². The van der Waals surface area contributed by atoms with Crippen LogP contribution in [0.25, 0.3) is 0 Å². The Kier molecular flexibility index (Phi) is 4.28. The number of hydrogen-bond acceptors (Lipinski definition) is 3. The number of nitrogens with two attached hydrogens (primary N) is 1. The Morgan fingerprint density at radius 1 is 1.53 bits per heavy atom. The number of urea groups is 1. The normalized spacial score (nSPS) is 11.1. The van der Waals surface area contributed by atoms with Crippen LogP contribution >= 0.6 is 0 Å². The van der Waals surface area contributed by atoms with Crippen molar-refractivity contribution in [1.29, 1.82) is 0 Å². The molecule has 1 heterocycles. The number of hydrazone groups is 1. The predicted molar refractivity (Wildman–Crippen MR) is 58.4 cm³/mol. The fraction of sp³-hybridized carbons (Fsp3) is 0.300. The first kappa shape index (κ1) is 11.2. The van der Waals surface area contributed by atoms with Gasteiger partial charge in [0.2, 0.25) is 0 Å². The van der Waals surface area contributed by atoms with E-state index in [0.29, 0.717) is 0 Å². The quantitative estimate of drug-likeness (QED) is 0.574. The molecular formula is C10H14N4O. The standard InChI is InChI=1S/C10H14N4O/c1-2-3-9(13-14-10(11)15)8-4-6-12-7-5-8/h4-7H,2-3H2,1H3,(H3,11,14,15)/b13-9-. The van der Waals surface area contributed by atoms with Crippen molar-refractivity contribution in [2.75, 3.05) is 0 Å². The molecule has 5 nitrogen and oxygen atoms in total. The lowest BCUT2D eigenvalue weighted by molar-refractivity contribution is 0.249. The average Bonchev–Trinajstić information content (AvgIpc) is 2.25. The Labute approximate surface area is 88.4 Å². The van der Waals surface area contributed by atoms with E-state index >= 15 is 0 Å². The number of nitrogens with one attached hydrogen (secondary N) is 1. The molecule has 0 saturated heterocycles. The summed E-state index contributed by atoms with van der Waals surface area (Å²) in [4.78, 5) is 14.4. The maximum absolute atomic E-state index is 10.5. The molecule has 0 aromatic carbocycles. The zero-order valence-electron chi connectivity index (χ0n) is 8.60. The monoisotopic (exact) mass is 206 g/mol. The van der Waals surface area contributed by atoms with Gasteiger partial charge in [-0.2, -0.15) is 5.10 Å². The average molecular weight is 206 g/mol. The zero-order chi connectivity index (χ0) is 11.1. The maximum atomic E-state index is 10.5. The van der Waals surface area contributed by atoms with Crippen LogP contribution in [0.5, 0.6) is 0 Å². The van der Waals surface area contributed by atoms with E-state index < -0.39 is 6.03 Å². The molecule has 0 saturated carbocycles. The van der Waals surface area contributed by atoms with Crippen molar-refractivity contribution < 1.29 is 4.79 Å². The third kappa shape index (κ3) is 3.76. The smallest absolute Gasteiger partial charge is 0.332 e. The van der Waals surface area contributed by atoms with Gasteiger partial charge in [-0.25, -0.2) is 10.2 Å². The Bertz CT molecular complexity index is 348. The lowest BCUT2D eigenvalue weighted by atomic mass is 10.1. The van der Waals surface area contributed by atoms with Gasteiger partial charge >= 0.3 is 6.03 Å². The minimum atomic E-state index is -0.655. The van der Waals surface area contributed by atoms with Gasteiger partial charge in [-0.3, -0.25) is 4.98 Å². The lowest BCUT2D eigenvalue weighted by Gasteiger charge is -2.04. The van der Waals surface area contributed by atoms with E-state index in [9.17, 15) is 4.79 Å². The molecule has 15 heavy (non-hydrogen) atoms. The van der Waals surface area contributed by atoms with Crippen LogP contribution in [0, 0.1) is 0 Å². The SMILES string of the molecule is CCC/C(=N/NC(N)=O)c1ccncc1. The molecule has 0 aliphatic heterocycles. The third-order valence-corrected chi connectivity index (χ3v) is 1.80. The van der Waals surface area contributed by atoms with Gasteiger partial charge in [-0.1, -0.05) is 13.3 Å². The van der Waals surface area contributed by atoms with Gasteiger partial charge in [0.1, 0.15) is 0 Å². The van der Waals surface area contributed by atoms with Gasteiger partial charge in [0.15, 0.2) is 0 Å². The number of rotatable bonds is 4. The van der Waals surface area contributed by atoms with Crippen LogP contribution in [0.1, 0.15) is 25.3 Å². The van der Waals surface area contributed by atoms with E-state index in [4.69, 9.17) is 5.73 Å². The predicted octanol–water partition coefficient (Wildman–Crippen LogP) is 1.25. The molecule has 1 aromatic rings. The van der Waals surface area contributed by atoms with Crippen LogP contribution in [-0.4, -0.2) is 16.7 Å². The molecular weight excluding hydrogens is 192 g/mol. The van der Waals surface area contributed by atoms with E-state index in [1.165, 1.54) is 0 Å². The summed E-state index contributed by atoms with van der Waals surface area (Å²) in [5.74, 6) is 0. The van der Waals surface area contributed by atoms with Crippen LogP contribution in [-0.2, 0) is 0 Å². The maximum Gasteiger partial charge on any atom is 0.332 e. The van der Waals surface area contributed by atoms with Crippen LogP contribution in [0.2, 0.25) is 0 Å². The van der Waals surface area contributed by atoms with E-state index in [1.807, 2.05) is 19.1 Å². The highest BCUT2D eigenvalue weighted by atomic mass is 16.2. The summed E-state index contributed by atoms with van der Waals surface area (Å²) >= 11 is 0. The van der Waals surface area contributed by atoms with Gasteiger partial charge in [0, 0.05) is 18.0 Å². The third-order valence-electron chi connectivity index (χ3n) is 1.80. The minimum Gasteiger partial charge on any atom is -0.350 e. The van der Waals surface area contributed by atoms with E-state index in [-0.39, 0.29) is 0 Å². The number of primary amides is 1. The fourth-order valence-electron chi connectivity index (χ4n) is 1.17. The van der Waals surface area contributed by atoms with Crippen LogP contribution in [0.15, 0.2) is 29.6 Å². The first-order valence-electron chi connectivity index (χ1n) is 4.76. The number of aromatic nitrogens is 1. The summed E-state index contributed by atoms with van der Waals surface area (Å²) < 4.78 is 0. The Hall–Kier alpha value is -1.91. The largest absolute Gasteiger partial charge is 0.350 e. The molecule has 3 N–H and O–H groups in total. The molecule has 2 amide bonds. The second-order valence-electron chi connectivity index (χ2n) is 3.02. The molecule has 0 bridgehead atoms.